The molecule has 0 unspecified atom stereocenters. The second kappa shape index (κ2) is 6.52. The Balaban J connectivity index is 1.93. The number of aryl methyl sites for hydroxylation is 1. The fraction of sp³-hybridized carbons (Fsp3) is 0.625. The number of carbonyl (C=O) groups excluding carboxylic acids is 1. The standard InChI is InChI=1S/C16H25N3O3/c1-10-8-13(11-6-5-7-11)18-14(20)12(10)9-17-19-15(21)22-16(2,3)4/h8,11,17H,5-7,9H2,1-4H3,(H,18,20)(H,19,21). The molecular weight excluding hydrogens is 282 g/mol. The molecule has 0 spiro atoms. The van der Waals surface area contributed by atoms with E-state index < -0.39 is 11.7 Å². The molecule has 0 aliphatic heterocycles. The van der Waals surface area contributed by atoms with Crippen LogP contribution in [0, 0.1) is 6.92 Å². The van der Waals surface area contributed by atoms with E-state index in [9.17, 15) is 9.59 Å². The molecule has 0 radical (unpaired) electrons. The molecule has 0 atom stereocenters. The average molecular weight is 307 g/mol. The summed E-state index contributed by atoms with van der Waals surface area (Å²) < 4.78 is 5.11. The van der Waals surface area contributed by atoms with Crippen LogP contribution >= 0.6 is 0 Å². The number of carbonyl (C=O) groups is 1. The maximum atomic E-state index is 12.2. The summed E-state index contributed by atoms with van der Waals surface area (Å²) in [6.45, 7) is 7.55. The van der Waals surface area contributed by atoms with Crippen LogP contribution in [-0.4, -0.2) is 16.7 Å². The average Bonchev–Trinajstić information content (AvgIpc) is 2.28. The first-order chi connectivity index (χ1) is 10.3. The molecule has 3 N–H and O–H groups in total. The van der Waals surface area contributed by atoms with Crippen molar-refractivity contribution in [1.29, 1.82) is 0 Å². The SMILES string of the molecule is Cc1cc(C2CCC2)[nH]c(=O)c1CNNC(=O)OC(C)(C)C. The fourth-order valence-corrected chi connectivity index (χ4v) is 2.41. The van der Waals surface area contributed by atoms with Gasteiger partial charge in [-0.3, -0.25) is 10.2 Å². The molecule has 1 aromatic heterocycles. The van der Waals surface area contributed by atoms with Crippen LogP contribution in [0.4, 0.5) is 4.79 Å². The molecule has 1 aliphatic rings. The maximum absolute atomic E-state index is 12.2. The lowest BCUT2D eigenvalue weighted by molar-refractivity contribution is 0.0497. The van der Waals surface area contributed by atoms with Crippen molar-refractivity contribution in [3.05, 3.63) is 33.2 Å². The topological polar surface area (TPSA) is 83.2 Å². The van der Waals surface area contributed by atoms with E-state index in [1.165, 1.54) is 6.42 Å². The van der Waals surface area contributed by atoms with E-state index in [4.69, 9.17) is 4.74 Å². The van der Waals surface area contributed by atoms with E-state index in [1.54, 1.807) is 20.8 Å². The Bertz CT molecular complexity index is 598. The minimum Gasteiger partial charge on any atom is -0.443 e. The molecule has 2 rings (SSSR count). The minimum absolute atomic E-state index is 0.0969. The summed E-state index contributed by atoms with van der Waals surface area (Å²) in [4.78, 5) is 26.7. The van der Waals surface area contributed by atoms with E-state index in [-0.39, 0.29) is 12.1 Å². The van der Waals surface area contributed by atoms with E-state index in [0.717, 1.165) is 24.1 Å². The quantitative estimate of drug-likeness (QED) is 0.746. The number of aromatic amines is 1. The molecule has 1 aliphatic carbocycles. The largest absolute Gasteiger partial charge is 0.443 e. The van der Waals surface area contributed by atoms with Gasteiger partial charge in [-0.15, -0.1) is 0 Å². The van der Waals surface area contributed by atoms with Gasteiger partial charge in [0.15, 0.2) is 0 Å². The second-order valence-electron chi connectivity index (χ2n) is 6.82. The highest BCUT2D eigenvalue weighted by Crippen LogP contribution is 2.35. The lowest BCUT2D eigenvalue weighted by atomic mass is 9.82. The number of hydrazine groups is 1. The molecule has 122 valence electrons. The van der Waals surface area contributed by atoms with E-state index in [2.05, 4.69) is 15.8 Å². The first-order valence-electron chi connectivity index (χ1n) is 7.71. The predicted molar refractivity (Wildman–Crippen MR) is 84.6 cm³/mol. The Morgan fingerprint density at radius 1 is 1.41 bits per heavy atom. The summed E-state index contributed by atoms with van der Waals surface area (Å²) in [7, 11) is 0. The fourth-order valence-electron chi connectivity index (χ4n) is 2.41. The van der Waals surface area contributed by atoms with Gasteiger partial charge in [0.05, 0.1) is 0 Å². The van der Waals surface area contributed by atoms with Crippen molar-refractivity contribution in [2.75, 3.05) is 0 Å². The lowest BCUT2D eigenvalue weighted by Crippen LogP contribution is -2.41. The van der Waals surface area contributed by atoms with Gasteiger partial charge in [0, 0.05) is 17.8 Å². The van der Waals surface area contributed by atoms with Gasteiger partial charge < -0.3 is 9.72 Å². The van der Waals surface area contributed by atoms with Gasteiger partial charge in [-0.2, -0.15) is 0 Å². The molecule has 0 aromatic carbocycles. The van der Waals surface area contributed by atoms with Crippen molar-refractivity contribution < 1.29 is 9.53 Å². The molecule has 1 fully saturated rings. The summed E-state index contributed by atoms with van der Waals surface area (Å²) in [5.41, 5.74) is 7.11. The molecule has 1 heterocycles. The van der Waals surface area contributed by atoms with Gasteiger partial charge in [-0.05, 0) is 58.1 Å². The molecule has 22 heavy (non-hydrogen) atoms. The Kier molecular flexibility index (Phi) is 4.90. The van der Waals surface area contributed by atoms with Crippen molar-refractivity contribution in [1.82, 2.24) is 15.8 Å². The third-order valence-corrected chi connectivity index (χ3v) is 3.78. The molecule has 1 aromatic rings. The summed E-state index contributed by atoms with van der Waals surface area (Å²) >= 11 is 0. The number of amides is 1. The Morgan fingerprint density at radius 3 is 2.59 bits per heavy atom. The molecule has 1 amide bonds. The zero-order chi connectivity index (χ0) is 16.3. The van der Waals surface area contributed by atoms with E-state index in [1.807, 2.05) is 13.0 Å². The van der Waals surface area contributed by atoms with Crippen LogP contribution < -0.4 is 16.4 Å². The molecule has 0 saturated heterocycles. The minimum atomic E-state index is -0.562. The number of hydrogen-bond donors (Lipinski definition) is 3. The summed E-state index contributed by atoms with van der Waals surface area (Å²) in [5.74, 6) is 0.494. The molecule has 0 bridgehead atoms. The molecule has 6 heteroatoms. The highest BCUT2D eigenvalue weighted by Gasteiger charge is 2.21. The Labute approximate surface area is 130 Å². The molecule has 1 saturated carbocycles. The summed E-state index contributed by atoms with van der Waals surface area (Å²) in [6.07, 6.45) is 2.96. The third-order valence-electron chi connectivity index (χ3n) is 3.78. The van der Waals surface area contributed by atoms with Crippen LogP contribution in [0.15, 0.2) is 10.9 Å². The summed E-state index contributed by atoms with van der Waals surface area (Å²) in [6, 6.07) is 2.04. The highest BCUT2D eigenvalue weighted by molar-refractivity contribution is 5.66. The number of nitrogens with one attached hydrogen (secondary N) is 3. The van der Waals surface area contributed by atoms with Gasteiger partial charge in [-0.25, -0.2) is 10.2 Å². The van der Waals surface area contributed by atoms with Gasteiger partial charge in [0.25, 0.3) is 5.56 Å². The maximum Gasteiger partial charge on any atom is 0.422 e. The first kappa shape index (κ1) is 16.5. The van der Waals surface area contributed by atoms with Gasteiger partial charge >= 0.3 is 6.09 Å². The molecule has 6 nitrogen and oxygen atoms in total. The van der Waals surface area contributed by atoms with Crippen molar-refractivity contribution in [3.63, 3.8) is 0 Å². The van der Waals surface area contributed by atoms with Crippen LogP contribution in [0.3, 0.4) is 0 Å². The summed E-state index contributed by atoms with van der Waals surface area (Å²) in [5, 5.41) is 0. The van der Waals surface area contributed by atoms with Gasteiger partial charge in [0.2, 0.25) is 0 Å². The zero-order valence-electron chi connectivity index (χ0n) is 13.7. The van der Waals surface area contributed by atoms with E-state index >= 15 is 0 Å². The monoisotopic (exact) mass is 307 g/mol. The second-order valence-corrected chi connectivity index (χ2v) is 6.82. The number of aromatic nitrogens is 1. The van der Waals surface area contributed by atoms with Crippen molar-refractivity contribution in [3.8, 4) is 0 Å². The Hall–Kier alpha value is -1.82. The van der Waals surface area contributed by atoms with Crippen molar-refractivity contribution in [2.45, 2.75) is 65.0 Å². The van der Waals surface area contributed by atoms with Crippen LogP contribution in [0.2, 0.25) is 0 Å². The normalized spacial score (nSPS) is 15.3. The van der Waals surface area contributed by atoms with Gasteiger partial charge in [-0.1, -0.05) is 6.42 Å². The Morgan fingerprint density at radius 2 is 2.09 bits per heavy atom. The third kappa shape index (κ3) is 4.34. The smallest absolute Gasteiger partial charge is 0.422 e. The van der Waals surface area contributed by atoms with Crippen LogP contribution in [0.25, 0.3) is 0 Å². The van der Waals surface area contributed by atoms with Crippen LogP contribution in [-0.2, 0) is 11.3 Å². The number of H-pyrrole nitrogens is 1. The number of pyridine rings is 1. The highest BCUT2D eigenvalue weighted by atomic mass is 16.6. The zero-order valence-corrected chi connectivity index (χ0v) is 13.7. The molecular formula is C16H25N3O3. The first-order valence-corrected chi connectivity index (χ1v) is 7.71. The van der Waals surface area contributed by atoms with Crippen LogP contribution in [0.1, 0.15) is 62.8 Å². The predicted octanol–water partition coefficient (Wildman–Crippen LogP) is 2.48. The number of ether oxygens (including phenoxy) is 1. The van der Waals surface area contributed by atoms with E-state index in [0.29, 0.717) is 11.5 Å². The number of hydrogen-bond acceptors (Lipinski definition) is 4. The van der Waals surface area contributed by atoms with Gasteiger partial charge in [0.1, 0.15) is 5.60 Å². The van der Waals surface area contributed by atoms with Crippen LogP contribution in [0.5, 0.6) is 0 Å². The van der Waals surface area contributed by atoms with Crippen molar-refractivity contribution >= 4 is 6.09 Å². The lowest BCUT2D eigenvalue weighted by Gasteiger charge is -2.26. The van der Waals surface area contributed by atoms with Crippen molar-refractivity contribution in [2.24, 2.45) is 0 Å². The number of rotatable bonds is 4.